The second kappa shape index (κ2) is 60.2. The molecule has 0 rings (SSSR count). The Morgan fingerprint density at radius 3 is 0.809 bits per heavy atom. The van der Waals surface area contributed by atoms with Gasteiger partial charge in [-0.2, -0.15) is 0 Å². The monoisotopic (exact) mass is 956 g/mol. The highest BCUT2D eigenvalue weighted by molar-refractivity contribution is 5.76. The molecule has 68 heavy (non-hydrogen) atoms. The number of aliphatic hydroxyl groups excluding tert-OH is 2. The Hall–Kier alpha value is -1.13. The first kappa shape index (κ1) is 66.9. The fourth-order valence-corrected chi connectivity index (χ4v) is 10.1. The molecule has 0 spiro atoms. The summed E-state index contributed by atoms with van der Waals surface area (Å²) < 4.78 is 0. The Morgan fingerprint density at radius 1 is 0.338 bits per heavy atom. The number of carbonyl (C=O) groups is 1. The smallest absolute Gasteiger partial charge is 0.220 e. The van der Waals surface area contributed by atoms with E-state index in [2.05, 4.69) is 31.3 Å². The van der Waals surface area contributed by atoms with E-state index in [1.807, 2.05) is 6.08 Å². The van der Waals surface area contributed by atoms with Crippen LogP contribution in [0.4, 0.5) is 0 Å². The third-order valence-electron chi connectivity index (χ3n) is 14.9. The minimum atomic E-state index is -0.838. The van der Waals surface area contributed by atoms with Crippen molar-refractivity contribution < 1.29 is 15.0 Å². The molecule has 0 fully saturated rings. The molecule has 0 bridgehead atoms. The van der Waals surface area contributed by atoms with Crippen LogP contribution in [0.25, 0.3) is 0 Å². The molecule has 0 saturated heterocycles. The summed E-state index contributed by atoms with van der Waals surface area (Å²) in [6, 6.07) is -0.621. The van der Waals surface area contributed by atoms with Crippen molar-refractivity contribution in [2.45, 2.75) is 373 Å². The van der Waals surface area contributed by atoms with Gasteiger partial charge in [-0.15, -0.1) is 0 Å². The van der Waals surface area contributed by atoms with Gasteiger partial charge in [0, 0.05) is 6.42 Å². The average Bonchev–Trinajstić information content (AvgIpc) is 3.34. The van der Waals surface area contributed by atoms with Crippen LogP contribution in [0.5, 0.6) is 0 Å². The maximum Gasteiger partial charge on any atom is 0.220 e. The zero-order chi connectivity index (χ0) is 49.2. The highest BCUT2D eigenvalue weighted by Crippen LogP contribution is 2.18. The van der Waals surface area contributed by atoms with E-state index in [1.165, 1.54) is 315 Å². The van der Waals surface area contributed by atoms with Crippen molar-refractivity contribution in [3.63, 3.8) is 0 Å². The first-order valence-corrected chi connectivity index (χ1v) is 31.6. The summed E-state index contributed by atoms with van der Waals surface area (Å²) in [7, 11) is 0. The van der Waals surface area contributed by atoms with E-state index >= 15 is 0 Å². The highest BCUT2D eigenvalue weighted by Gasteiger charge is 2.18. The zero-order valence-corrected chi connectivity index (χ0v) is 46.7. The third-order valence-corrected chi connectivity index (χ3v) is 14.9. The number of nitrogens with one attached hydrogen (secondary N) is 1. The molecular formula is C64H125NO3. The van der Waals surface area contributed by atoms with Gasteiger partial charge in [0.25, 0.3) is 0 Å². The van der Waals surface area contributed by atoms with E-state index in [4.69, 9.17) is 0 Å². The van der Waals surface area contributed by atoms with Crippen LogP contribution in [-0.4, -0.2) is 34.9 Å². The molecule has 1 amide bonds. The van der Waals surface area contributed by atoms with Gasteiger partial charge in [0.15, 0.2) is 0 Å². The van der Waals surface area contributed by atoms with Crippen molar-refractivity contribution in [1.82, 2.24) is 5.32 Å². The SMILES string of the molecule is CCCCCCCCCC/C=C\CCCCCCCCCCCCCCCCCC(=O)NC(CO)C(O)/C=C/CCCCCCCCCCCCCCCCCCCCCCCCCCCCC. The number of hydrogen-bond acceptors (Lipinski definition) is 3. The van der Waals surface area contributed by atoms with Crippen molar-refractivity contribution >= 4 is 5.91 Å². The maximum absolute atomic E-state index is 12.5. The Morgan fingerprint density at radius 2 is 0.559 bits per heavy atom. The number of carbonyl (C=O) groups excluding carboxylic acids is 1. The second-order valence-corrected chi connectivity index (χ2v) is 21.8. The normalized spacial score (nSPS) is 12.8. The molecule has 0 heterocycles. The van der Waals surface area contributed by atoms with Crippen molar-refractivity contribution in [2.24, 2.45) is 0 Å². The summed E-state index contributed by atoms with van der Waals surface area (Å²) in [6.07, 6.45) is 80.9. The predicted octanol–water partition coefficient (Wildman–Crippen LogP) is 21.0. The van der Waals surface area contributed by atoms with Crippen LogP contribution in [0.3, 0.4) is 0 Å². The van der Waals surface area contributed by atoms with Gasteiger partial charge in [0.1, 0.15) is 0 Å². The molecule has 0 aliphatic carbocycles. The molecule has 0 aliphatic heterocycles. The van der Waals surface area contributed by atoms with Gasteiger partial charge < -0.3 is 15.5 Å². The molecule has 0 aromatic rings. The quantitative estimate of drug-likeness (QED) is 0.0420. The summed E-state index contributed by atoms with van der Waals surface area (Å²) in [4.78, 5) is 12.5. The topological polar surface area (TPSA) is 69.6 Å². The van der Waals surface area contributed by atoms with Crippen molar-refractivity contribution in [1.29, 1.82) is 0 Å². The Labute approximate surface area is 428 Å². The van der Waals surface area contributed by atoms with Gasteiger partial charge in [-0.25, -0.2) is 0 Å². The Balaban J connectivity index is 3.44. The number of allylic oxidation sites excluding steroid dienone is 3. The van der Waals surface area contributed by atoms with E-state index in [-0.39, 0.29) is 12.5 Å². The molecule has 0 aromatic heterocycles. The van der Waals surface area contributed by atoms with Crippen LogP contribution in [0.2, 0.25) is 0 Å². The van der Waals surface area contributed by atoms with Crippen molar-refractivity contribution in [3.05, 3.63) is 24.3 Å². The fourth-order valence-electron chi connectivity index (χ4n) is 10.1. The van der Waals surface area contributed by atoms with Crippen LogP contribution < -0.4 is 5.32 Å². The van der Waals surface area contributed by atoms with Crippen LogP contribution >= 0.6 is 0 Å². The van der Waals surface area contributed by atoms with E-state index in [1.54, 1.807) is 6.08 Å². The largest absolute Gasteiger partial charge is 0.394 e. The molecule has 0 radical (unpaired) electrons. The lowest BCUT2D eigenvalue weighted by Crippen LogP contribution is -2.45. The van der Waals surface area contributed by atoms with Crippen molar-refractivity contribution in [3.8, 4) is 0 Å². The van der Waals surface area contributed by atoms with E-state index in [0.717, 1.165) is 25.7 Å². The van der Waals surface area contributed by atoms with Gasteiger partial charge in [-0.05, 0) is 44.9 Å². The lowest BCUT2D eigenvalue weighted by molar-refractivity contribution is -0.123. The van der Waals surface area contributed by atoms with E-state index in [9.17, 15) is 15.0 Å². The van der Waals surface area contributed by atoms with E-state index < -0.39 is 12.1 Å². The molecule has 4 nitrogen and oxygen atoms in total. The van der Waals surface area contributed by atoms with Crippen molar-refractivity contribution in [2.75, 3.05) is 6.61 Å². The van der Waals surface area contributed by atoms with Crippen LogP contribution in [0.1, 0.15) is 361 Å². The minimum Gasteiger partial charge on any atom is -0.394 e. The molecule has 0 aromatic carbocycles. The van der Waals surface area contributed by atoms with Crippen LogP contribution in [0, 0.1) is 0 Å². The summed E-state index contributed by atoms with van der Waals surface area (Å²) in [5.41, 5.74) is 0. The van der Waals surface area contributed by atoms with Gasteiger partial charge >= 0.3 is 0 Å². The number of amides is 1. The first-order valence-electron chi connectivity index (χ1n) is 31.6. The lowest BCUT2D eigenvalue weighted by Gasteiger charge is -2.20. The zero-order valence-electron chi connectivity index (χ0n) is 46.7. The van der Waals surface area contributed by atoms with Crippen LogP contribution in [0.15, 0.2) is 24.3 Å². The third kappa shape index (κ3) is 55.8. The molecule has 404 valence electrons. The Kier molecular flexibility index (Phi) is 59.2. The molecule has 3 N–H and O–H groups in total. The standard InChI is InChI=1S/C64H125NO3/c1-3-5-7-9-11-13-15-17-19-21-23-25-27-29-31-32-34-35-37-39-41-43-45-47-49-51-53-55-57-59-63(67)62(61-66)65-64(68)60-58-56-54-52-50-48-46-44-42-40-38-36-33-30-28-26-24-22-20-18-16-14-12-10-8-6-4-2/h22,24,57,59,62-63,66-67H,3-21,23,25-56,58,60-61H2,1-2H3,(H,65,68)/b24-22-,59-57+. The number of rotatable bonds is 59. The number of aliphatic hydroxyl groups is 2. The molecular weight excluding hydrogens is 831 g/mol. The van der Waals surface area contributed by atoms with Gasteiger partial charge in [0.05, 0.1) is 18.8 Å². The molecule has 0 saturated carbocycles. The van der Waals surface area contributed by atoms with Crippen LogP contribution in [-0.2, 0) is 4.79 Å². The van der Waals surface area contributed by atoms with Gasteiger partial charge in [0.2, 0.25) is 5.91 Å². The fraction of sp³-hybridized carbons (Fsp3) is 0.922. The second-order valence-electron chi connectivity index (χ2n) is 21.8. The summed E-state index contributed by atoms with van der Waals surface area (Å²) >= 11 is 0. The molecule has 4 heteroatoms. The number of hydrogen-bond donors (Lipinski definition) is 3. The average molecular weight is 957 g/mol. The van der Waals surface area contributed by atoms with E-state index in [0.29, 0.717) is 6.42 Å². The van der Waals surface area contributed by atoms with Gasteiger partial charge in [-0.1, -0.05) is 334 Å². The minimum absolute atomic E-state index is 0.0566. The Bertz CT molecular complexity index is 994. The molecule has 0 aliphatic rings. The van der Waals surface area contributed by atoms with Gasteiger partial charge in [-0.3, -0.25) is 4.79 Å². The predicted molar refractivity (Wildman–Crippen MR) is 304 cm³/mol. The maximum atomic E-state index is 12.5. The molecule has 2 atom stereocenters. The lowest BCUT2D eigenvalue weighted by atomic mass is 10.0. The summed E-state index contributed by atoms with van der Waals surface area (Å²) in [5, 5.41) is 23.3. The summed E-state index contributed by atoms with van der Waals surface area (Å²) in [5.74, 6) is -0.0566. The summed E-state index contributed by atoms with van der Waals surface area (Å²) in [6.45, 7) is 4.35. The molecule has 2 unspecified atom stereocenters. The first-order chi connectivity index (χ1) is 33.7. The highest BCUT2D eigenvalue weighted by atomic mass is 16.3. The number of unbranched alkanes of at least 4 members (excludes halogenated alkanes) is 50.